The summed E-state index contributed by atoms with van der Waals surface area (Å²) in [5.74, 6) is 1.04. The third kappa shape index (κ3) is 3.33. The number of aryl methyl sites for hydroxylation is 1. The van der Waals surface area contributed by atoms with Crippen LogP contribution in [0.4, 0.5) is 11.8 Å². The lowest BCUT2D eigenvalue weighted by atomic mass is 9.97. The number of nitrogen functional groups attached to an aromatic ring is 1. The minimum atomic E-state index is -0.0909. The Hall–Kier alpha value is -1.85. The topological polar surface area (TPSA) is 81.3 Å². The molecule has 1 fully saturated rings. The van der Waals surface area contributed by atoms with Crippen molar-refractivity contribution < 1.29 is 9.53 Å². The van der Waals surface area contributed by atoms with Gasteiger partial charge >= 0.3 is 5.97 Å². The molecule has 1 aromatic heterocycles. The molecule has 104 valence electrons. The molecular weight excluding hydrogens is 244 g/mol. The average molecular weight is 264 g/mol. The van der Waals surface area contributed by atoms with E-state index in [0.29, 0.717) is 18.4 Å². The summed E-state index contributed by atoms with van der Waals surface area (Å²) in [6, 6.07) is 1.74. The van der Waals surface area contributed by atoms with E-state index in [1.165, 1.54) is 0 Å². The van der Waals surface area contributed by atoms with E-state index in [2.05, 4.69) is 14.9 Å². The smallest absolute Gasteiger partial charge is 0.309 e. The van der Waals surface area contributed by atoms with Crippen molar-refractivity contribution in [1.29, 1.82) is 0 Å². The van der Waals surface area contributed by atoms with E-state index in [1.807, 2.05) is 13.8 Å². The first-order chi connectivity index (χ1) is 9.10. The summed E-state index contributed by atoms with van der Waals surface area (Å²) in [6.45, 7) is 5.68. The first-order valence-electron chi connectivity index (χ1n) is 6.63. The number of anilines is 2. The summed E-state index contributed by atoms with van der Waals surface area (Å²) in [5, 5.41) is 0. The fourth-order valence-corrected chi connectivity index (χ4v) is 2.29. The van der Waals surface area contributed by atoms with Gasteiger partial charge in [-0.1, -0.05) is 0 Å². The van der Waals surface area contributed by atoms with Crippen LogP contribution in [0.25, 0.3) is 0 Å². The molecular formula is C13H20N4O2. The zero-order valence-electron chi connectivity index (χ0n) is 11.4. The molecule has 1 aliphatic heterocycles. The first kappa shape index (κ1) is 13.6. The van der Waals surface area contributed by atoms with Crippen LogP contribution in [-0.4, -0.2) is 35.6 Å². The maximum atomic E-state index is 11.7. The highest BCUT2D eigenvalue weighted by molar-refractivity contribution is 5.72. The van der Waals surface area contributed by atoms with Crippen LogP contribution < -0.4 is 10.6 Å². The highest BCUT2D eigenvalue weighted by Crippen LogP contribution is 2.22. The van der Waals surface area contributed by atoms with Gasteiger partial charge in [0.1, 0.15) is 5.82 Å². The summed E-state index contributed by atoms with van der Waals surface area (Å²) >= 11 is 0. The molecule has 0 aromatic carbocycles. The Bertz CT molecular complexity index is 436. The zero-order chi connectivity index (χ0) is 13.8. The summed E-state index contributed by atoms with van der Waals surface area (Å²) < 4.78 is 5.05. The molecule has 6 nitrogen and oxygen atoms in total. The largest absolute Gasteiger partial charge is 0.466 e. The molecule has 0 bridgehead atoms. The molecule has 19 heavy (non-hydrogen) atoms. The lowest BCUT2D eigenvalue weighted by Crippen LogP contribution is -2.38. The quantitative estimate of drug-likeness (QED) is 0.825. The molecule has 0 saturated carbocycles. The number of aromatic nitrogens is 2. The molecule has 0 radical (unpaired) electrons. The second-order valence-electron chi connectivity index (χ2n) is 4.75. The van der Waals surface area contributed by atoms with Crippen LogP contribution in [0.1, 0.15) is 25.5 Å². The lowest BCUT2D eigenvalue weighted by Gasteiger charge is -2.31. The molecule has 2 N–H and O–H groups in total. The molecule has 0 spiro atoms. The summed E-state index contributed by atoms with van der Waals surface area (Å²) in [5.41, 5.74) is 6.59. The van der Waals surface area contributed by atoms with Crippen molar-refractivity contribution in [1.82, 2.24) is 9.97 Å². The SMILES string of the molecule is CCOC(=O)C1CCN(c2nc(C)cc(N)n2)CC1. The number of rotatable bonds is 3. The van der Waals surface area contributed by atoms with Gasteiger partial charge < -0.3 is 15.4 Å². The van der Waals surface area contributed by atoms with Crippen LogP contribution in [-0.2, 0) is 9.53 Å². The number of nitrogens with zero attached hydrogens (tertiary/aromatic N) is 3. The number of carbonyl (C=O) groups is 1. The van der Waals surface area contributed by atoms with Crippen LogP contribution in [0.5, 0.6) is 0 Å². The van der Waals surface area contributed by atoms with E-state index in [0.717, 1.165) is 31.6 Å². The van der Waals surface area contributed by atoms with Crippen LogP contribution >= 0.6 is 0 Å². The standard InChI is InChI=1S/C13H20N4O2/c1-3-19-12(18)10-4-6-17(7-5-10)13-15-9(2)8-11(14)16-13/h8,10H,3-7H2,1-2H3,(H2,14,15,16). The van der Waals surface area contributed by atoms with E-state index in [-0.39, 0.29) is 11.9 Å². The van der Waals surface area contributed by atoms with Crippen LogP contribution in [0, 0.1) is 12.8 Å². The van der Waals surface area contributed by atoms with Gasteiger partial charge in [0.15, 0.2) is 0 Å². The van der Waals surface area contributed by atoms with Gasteiger partial charge in [-0.05, 0) is 26.7 Å². The number of hydrogen-bond acceptors (Lipinski definition) is 6. The van der Waals surface area contributed by atoms with Crippen LogP contribution in [0.2, 0.25) is 0 Å². The van der Waals surface area contributed by atoms with Crippen molar-refractivity contribution in [3.05, 3.63) is 11.8 Å². The first-order valence-corrected chi connectivity index (χ1v) is 6.63. The molecule has 1 saturated heterocycles. The zero-order valence-corrected chi connectivity index (χ0v) is 11.4. The Labute approximate surface area is 113 Å². The molecule has 6 heteroatoms. The van der Waals surface area contributed by atoms with Gasteiger partial charge in [0, 0.05) is 24.8 Å². The maximum absolute atomic E-state index is 11.7. The fraction of sp³-hybridized carbons (Fsp3) is 0.615. The van der Waals surface area contributed by atoms with Gasteiger partial charge in [-0.15, -0.1) is 0 Å². The number of piperidine rings is 1. The maximum Gasteiger partial charge on any atom is 0.309 e. The number of ether oxygens (including phenoxy) is 1. The summed E-state index contributed by atoms with van der Waals surface area (Å²) in [4.78, 5) is 22.3. The van der Waals surface area contributed by atoms with Gasteiger partial charge in [-0.25, -0.2) is 4.98 Å². The van der Waals surface area contributed by atoms with Gasteiger partial charge in [0.25, 0.3) is 0 Å². The van der Waals surface area contributed by atoms with Crippen molar-refractivity contribution >= 4 is 17.7 Å². The average Bonchev–Trinajstić information content (AvgIpc) is 2.38. The highest BCUT2D eigenvalue weighted by atomic mass is 16.5. The minimum absolute atomic E-state index is 0.00152. The van der Waals surface area contributed by atoms with E-state index < -0.39 is 0 Å². The van der Waals surface area contributed by atoms with Crippen LogP contribution in [0.3, 0.4) is 0 Å². The third-order valence-electron chi connectivity index (χ3n) is 3.26. The molecule has 1 aliphatic rings. The van der Waals surface area contributed by atoms with Crippen molar-refractivity contribution in [2.45, 2.75) is 26.7 Å². The van der Waals surface area contributed by atoms with E-state index in [4.69, 9.17) is 10.5 Å². The van der Waals surface area contributed by atoms with Crippen molar-refractivity contribution in [2.75, 3.05) is 30.3 Å². The monoisotopic (exact) mass is 264 g/mol. The predicted octanol–water partition coefficient (Wildman–Crippen LogP) is 1.15. The number of esters is 1. The van der Waals surface area contributed by atoms with Crippen molar-refractivity contribution in [2.24, 2.45) is 5.92 Å². The molecule has 0 unspecified atom stereocenters. The third-order valence-corrected chi connectivity index (χ3v) is 3.26. The number of carbonyl (C=O) groups excluding carboxylic acids is 1. The second-order valence-corrected chi connectivity index (χ2v) is 4.75. The van der Waals surface area contributed by atoms with Gasteiger partial charge in [0.2, 0.25) is 5.95 Å². The second kappa shape index (κ2) is 5.86. The Balaban J connectivity index is 1.97. The highest BCUT2D eigenvalue weighted by Gasteiger charge is 2.27. The van der Waals surface area contributed by atoms with Crippen molar-refractivity contribution in [3.63, 3.8) is 0 Å². The Morgan fingerprint density at radius 2 is 2.16 bits per heavy atom. The Morgan fingerprint density at radius 1 is 1.47 bits per heavy atom. The van der Waals surface area contributed by atoms with Crippen molar-refractivity contribution in [3.8, 4) is 0 Å². The molecule has 0 aliphatic carbocycles. The van der Waals surface area contributed by atoms with E-state index >= 15 is 0 Å². The normalized spacial score (nSPS) is 16.4. The molecule has 0 amide bonds. The molecule has 2 heterocycles. The van der Waals surface area contributed by atoms with Gasteiger partial charge in [0.05, 0.1) is 12.5 Å². The predicted molar refractivity (Wildman–Crippen MR) is 72.8 cm³/mol. The summed E-state index contributed by atoms with van der Waals surface area (Å²) in [6.07, 6.45) is 1.55. The Kier molecular flexibility index (Phi) is 4.19. The van der Waals surface area contributed by atoms with Crippen LogP contribution in [0.15, 0.2) is 6.07 Å². The van der Waals surface area contributed by atoms with E-state index in [9.17, 15) is 4.79 Å². The lowest BCUT2D eigenvalue weighted by molar-refractivity contribution is -0.148. The number of hydrogen-bond donors (Lipinski definition) is 1. The van der Waals surface area contributed by atoms with E-state index in [1.54, 1.807) is 6.07 Å². The van der Waals surface area contributed by atoms with Gasteiger partial charge in [-0.3, -0.25) is 4.79 Å². The van der Waals surface area contributed by atoms with Gasteiger partial charge in [-0.2, -0.15) is 4.98 Å². The summed E-state index contributed by atoms with van der Waals surface area (Å²) in [7, 11) is 0. The fourth-order valence-electron chi connectivity index (χ4n) is 2.29. The molecule has 2 rings (SSSR count). The molecule has 0 atom stereocenters. The Morgan fingerprint density at radius 3 is 2.74 bits per heavy atom. The minimum Gasteiger partial charge on any atom is -0.466 e. The molecule has 1 aromatic rings. The number of nitrogens with two attached hydrogens (primary N) is 1.